The van der Waals surface area contributed by atoms with Crippen molar-refractivity contribution in [3.8, 4) is 0 Å². The Bertz CT molecular complexity index is 992. The van der Waals surface area contributed by atoms with E-state index >= 15 is 0 Å². The highest BCUT2D eigenvalue weighted by Crippen LogP contribution is 2.45. The zero-order valence-corrected chi connectivity index (χ0v) is 15.6. The number of hydrogen-bond acceptors (Lipinski definition) is 11. The zero-order valence-electron chi connectivity index (χ0n) is 14.7. The van der Waals surface area contributed by atoms with Gasteiger partial charge in [0.25, 0.3) is 0 Å². The molecule has 15 heteroatoms. The molecular weight excluding hydrogens is 411 g/mol. The Morgan fingerprint density at radius 1 is 1.38 bits per heavy atom. The highest BCUT2D eigenvalue weighted by molar-refractivity contribution is 7.48. The van der Waals surface area contributed by atoms with Crippen molar-refractivity contribution in [2.75, 3.05) is 18.9 Å². The lowest BCUT2D eigenvalue weighted by molar-refractivity contribution is -0.136. The minimum Gasteiger partial charge on any atom is -0.387 e. The van der Waals surface area contributed by atoms with Crippen molar-refractivity contribution in [2.45, 2.75) is 31.0 Å². The average Bonchev–Trinajstić information content (AvgIpc) is 3.21. The predicted molar refractivity (Wildman–Crippen MR) is 93.6 cm³/mol. The summed E-state index contributed by atoms with van der Waals surface area (Å²) >= 11 is 0. The van der Waals surface area contributed by atoms with E-state index < -0.39 is 44.9 Å². The molecule has 3 heterocycles. The van der Waals surface area contributed by atoms with Gasteiger partial charge < -0.3 is 30.1 Å². The van der Waals surface area contributed by atoms with Gasteiger partial charge in [-0.2, -0.15) is 0 Å². The Hall–Kier alpha value is -2.66. The molecule has 0 bridgehead atoms. The lowest BCUT2D eigenvalue weighted by atomic mass is 10.1. The Labute approximate surface area is 163 Å². The Kier molecular flexibility index (Phi) is 6.08. The molecule has 2 aromatic rings. The van der Waals surface area contributed by atoms with Crippen LogP contribution in [-0.4, -0.2) is 72.1 Å². The number of nitrogen functional groups attached to an aromatic ring is 1. The Balaban J connectivity index is 1.67. The number of ether oxygens (including phenoxy) is 1. The number of anilines is 1. The first-order chi connectivity index (χ1) is 13.7. The van der Waals surface area contributed by atoms with E-state index in [0.717, 1.165) is 0 Å². The maximum Gasteiger partial charge on any atom is 0.529 e. The van der Waals surface area contributed by atoms with E-state index in [4.69, 9.17) is 17.0 Å². The van der Waals surface area contributed by atoms with Crippen molar-refractivity contribution < 1.29 is 38.3 Å². The van der Waals surface area contributed by atoms with Crippen LogP contribution >= 0.6 is 7.82 Å². The van der Waals surface area contributed by atoms with Crippen LogP contribution in [0.15, 0.2) is 12.7 Å². The molecule has 1 aliphatic heterocycles. The van der Waals surface area contributed by atoms with Gasteiger partial charge in [0.2, 0.25) is 6.54 Å². The average molecular weight is 428 g/mol. The summed E-state index contributed by atoms with van der Waals surface area (Å²) in [6.45, 7) is 5.70. The highest BCUT2D eigenvalue weighted by Gasteiger charge is 2.45. The van der Waals surface area contributed by atoms with E-state index in [1.807, 2.05) is 0 Å². The maximum atomic E-state index is 11.8. The molecule has 1 fully saturated rings. The number of imidazole rings is 1. The molecule has 0 aromatic carbocycles. The summed E-state index contributed by atoms with van der Waals surface area (Å²) in [6.07, 6.45) is -3.20. The van der Waals surface area contributed by atoms with Crippen molar-refractivity contribution in [3.63, 3.8) is 0 Å². The minimum absolute atomic E-state index is 0.114. The molecule has 14 nitrogen and oxygen atoms in total. The maximum absolute atomic E-state index is 11.8. The largest absolute Gasteiger partial charge is 0.529 e. The van der Waals surface area contributed by atoms with Crippen molar-refractivity contribution in [1.29, 1.82) is 0 Å². The van der Waals surface area contributed by atoms with Crippen LogP contribution in [0, 0.1) is 6.57 Å². The minimum atomic E-state index is -4.79. The van der Waals surface area contributed by atoms with Gasteiger partial charge in [0.1, 0.15) is 36.6 Å². The number of phosphoric ester groups is 1. The van der Waals surface area contributed by atoms with Crippen LogP contribution in [-0.2, 0) is 23.1 Å². The van der Waals surface area contributed by atoms with Gasteiger partial charge in [0, 0.05) is 0 Å². The topological polar surface area (TPSA) is 196 Å². The van der Waals surface area contributed by atoms with Gasteiger partial charge in [-0.05, 0) is 0 Å². The number of rotatable bonds is 7. The molecule has 29 heavy (non-hydrogen) atoms. The molecule has 1 saturated heterocycles. The smallest absolute Gasteiger partial charge is 0.387 e. The lowest BCUT2D eigenvalue weighted by Gasteiger charge is -2.17. The van der Waals surface area contributed by atoms with E-state index in [1.165, 1.54) is 17.2 Å². The van der Waals surface area contributed by atoms with Crippen LogP contribution in [0.3, 0.4) is 0 Å². The summed E-state index contributed by atoms with van der Waals surface area (Å²) in [4.78, 5) is 35.7. The number of aliphatic hydroxyl groups is 2. The molecule has 1 aliphatic rings. The normalized spacial score (nSPS) is 26.1. The second-order valence-electron chi connectivity index (χ2n) is 5.99. The first-order valence-corrected chi connectivity index (χ1v) is 9.70. The SMILES string of the molecule is [C-]#[N+]CCC(=O)OP(=O)(O)OC[C@H]1O[C@@H](n2cnc3c(N)ncnc32)[C@H](O)[C@@H]1O. The molecule has 156 valence electrons. The number of fused-ring (bicyclic) bond motifs is 1. The van der Waals surface area contributed by atoms with Gasteiger partial charge >= 0.3 is 13.8 Å². The van der Waals surface area contributed by atoms with Crippen molar-refractivity contribution in [3.05, 3.63) is 24.1 Å². The Morgan fingerprint density at radius 3 is 2.86 bits per heavy atom. The fourth-order valence-corrected chi connectivity index (χ4v) is 3.41. The first-order valence-electron chi connectivity index (χ1n) is 8.21. The fourth-order valence-electron chi connectivity index (χ4n) is 2.67. The summed E-state index contributed by atoms with van der Waals surface area (Å²) in [5.41, 5.74) is 6.22. The third-order valence-corrected chi connectivity index (χ3v) is 4.96. The third-order valence-electron chi connectivity index (χ3n) is 4.05. The number of carbonyl (C=O) groups is 1. The lowest BCUT2D eigenvalue weighted by Crippen LogP contribution is -2.33. The second-order valence-corrected chi connectivity index (χ2v) is 7.37. The molecule has 2 aromatic heterocycles. The van der Waals surface area contributed by atoms with Crippen LogP contribution in [0.5, 0.6) is 0 Å². The molecule has 0 amide bonds. The van der Waals surface area contributed by atoms with Gasteiger partial charge in [0.05, 0.1) is 12.9 Å². The van der Waals surface area contributed by atoms with E-state index in [0.29, 0.717) is 0 Å². The quantitative estimate of drug-likeness (QED) is 0.310. The van der Waals surface area contributed by atoms with E-state index in [9.17, 15) is 24.5 Å². The van der Waals surface area contributed by atoms with E-state index in [2.05, 4.69) is 28.8 Å². The monoisotopic (exact) mass is 428 g/mol. The summed E-state index contributed by atoms with van der Waals surface area (Å²) in [5, 5.41) is 20.5. The van der Waals surface area contributed by atoms with Crippen molar-refractivity contribution >= 4 is 30.8 Å². The van der Waals surface area contributed by atoms with Crippen LogP contribution in [0.25, 0.3) is 16.0 Å². The molecule has 3 rings (SSSR count). The van der Waals surface area contributed by atoms with Crippen LogP contribution < -0.4 is 5.73 Å². The number of hydrogen-bond donors (Lipinski definition) is 4. The molecular formula is C14H17N6O8P. The van der Waals surface area contributed by atoms with Crippen LogP contribution in [0.1, 0.15) is 12.6 Å². The van der Waals surface area contributed by atoms with Gasteiger partial charge in [-0.15, -0.1) is 0 Å². The molecule has 5 atom stereocenters. The molecule has 0 aliphatic carbocycles. The fraction of sp³-hybridized carbons (Fsp3) is 0.500. The zero-order chi connectivity index (χ0) is 21.2. The van der Waals surface area contributed by atoms with E-state index in [-0.39, 0.29) is 29.9 Å². The molecule has 5 N–H and O–H groups in total. The van der Waals surface area contributed by atoms with Crippen LogP contribution in [0.4, 0.5) is 5.82 Å². The third kappa shape index (κ3) is 4.51. The second kappa shape index (κ2) is 8.37. The number of carbonyl (C=O) groups excluding carboxylic acids is 1. The summed E-state index contributed by atoms with van der Waals surface area (Å²) in [5.74, 6) is -0.970. The number of nitrogens with two attached hydrogens (primary N) is 1. The summed E-state index contributed by atoms with van der Waals surface area (Å²) < 4.78 is 27.6. The van der Waals surface area contributed by atoms with Crippen molar-refractivity contribution in [2.24, 2.45) is 0 Å². The van der Waals surface area contributed by atoms with E-state index in [1.54, 1.807) is 0 Å². The standard InChI is InChI=1S/C14H17N6O8P/c1-16-3-2-8(21)28-29(24,25)26-4-7-10(22)11(23)14(27-7)20-6-19-9-12(15)17-5-18-13(9)20/h5-7,10-11,14,22-23H,2-4H2,(H,24,25)(H2,15,17,18)/t7-,10-,11-,14-/m1/s1. The van der Waals surface area contributed by atoms with Gasteiger partial charge in [-0.1, -0.05) is 0 Å². The number of aromatic nitrogens is 4. The molecule has 0 saturated carbocycles. The van der Waals surface area contributed by atoms with Crippen LogP contribution in [0.2, 0.25) is 0 Å². The highest BCUT2D eigenvalue weighted by atomic mass is 31.2. The predicted octanol–water partition coefficient (Wildman–Crippen LogP) is -1.00. The molecule has 1 unspecified atom stereocenters. The summed E-state index contributed by atoms with van der Waals surface area (Å²) in [6, 6.07) is 0. The van der Waals surface area contributed by atoms with Crippen molar-refractivity contribution in [1.82, 2.24) is 19.5 Å². The number of aliphatic hydroxyl groups excluding tert-OH is 2. The Morgan fingerprint density at radius 2 is 2.14 bits per heavy atom. The summed E-state index contributed by atoms with van der Waals surface area (Å²) in [7, 11) is -4.79. The van der Waals surface area contributed by atoms with Gasteiger partial charge in [-0.3, -0.25) is 18.8 Å². The van der Waals surface area contributed by atoms with Gasteiger partial charge in [-0.25, -0.2) is 26.1 Å². The number of phosphoric acid groups is 1. The first kappa shape index (κ1) is 21.1. The molecule has 0 radical (unpaired) electrons. The van der Waals surface area contributed by atoms with Gasteiger partial charge in [0.15, 0.2) is 17.7 Å². The molecule has 0 spiro atoms. The number of nitrogens with zero attached hydrogens (tertiary/aromatic N) is 5.